The van der Waals surface area contributed by atoms with Crippen LogP contribution in [0.5, 0.6) is 17.2 Å². The number of ether oxygens (including phenoxy) is 3. The van der Waals surface area contributed by atoms with Crippen molar-refractivity contribution in [1.82, 2.24) is 4.90 Å². The topological polar surface area (TPSA) is 30.9 Å². The molecular formula is C25H32ClNO3. The van der Waals surface area contributed by atoms with Crippen molar-refractivity contribution >= 4 is 11.6 Å². The molecule has 30 heavy (non-hydrogen) atoms. The van der Waals surface area contributed by atoms with Crippen LogP contribution in [-0.4, -0.2) is 45.4 Å². The molecule has 0 bridgehead atoms. The first-order chi connectivity index (χ1) is 14.7. The fourth-order valence-electron chi connectivity index (χ4n) is 4.92. The van der Waals surface area contributed by atoms with Crippen LogP contribution >= 0.6 is 11.6 Å². The zero-order valence-corrected chi connectivity index (χ0v) is 18.8. The Morgan fingerprint density at radius 1 is 1.03 bits per heavy atom. The molecule has 5 heteroatoms. The molecule has 1 saturated heterocycles. The van der Waals surface area contributed by atoms with E-state index in [1.165, 1.54) is 24.0 Å². The van der Waals surface area contributed by atoms with E-state index in [9.17, 15) is 0 Å². The number of hydrogen-bond acceptors (Lipinski definition) is 4. The average Bonchev–Trinajstić information content (AvgIpc) is 3.00. The lowest BCUT2D eigenvalue weighted by molar-refractivity contribution is 0.204. The Labute approximate surface area is 185 Å². The summed E-state index contributed by atoms with van der Waals surface area (Å²) >= 11 is 6.55. The van der Waals surface area contributed by atoms with Crippen LogP contribution in [0.4, 0.5) is 0 Å². The van der Waals surface area contributed by atoms with Gasteiger partial charge in [0.15, 0.2) is 11.5 Å². The Kier molecular flexibility index (Phi) is 7.06. The van der Waals surface area contributed by atoms with Gasteiger partial charge in [0.05, 0.1) is 20.8 Å². The molecule has 0 aliphatic carbocycles. The third kappa shape index (κ3) is 4.70. The predicted molar refractivity (Wildman–Crippen MR) is 122 cm³/mol. The standard InChI is InChI=1S/C25H32ClNO3/c1-28-22-9-8-20(17-24(22)29-2)18-10-13-27(14-11-18)15-12-19-5-4-16-30-23-7-3-6-21(26)25(19)23/h3,6-9,17-19H,4-5,10-16H2,1-2H3. The number of likely N-dealkylation sites (tertiary alicyclic amines) is 1. The van der Waals surface area contributed by atoms with Crippen LogP contribution in [0.15, 0.2) is 36.4 Å². The Balaban J connectivity index is 1.34. The van der Waals surface area contributed by atoms with E-state index >= 15 is 0 Å². The second-order valence-corrected chi connectivity index (χ2v) is 8.77. The summed E-state index contributed by atoms with van der Waals surface area (Å²) in [5, 5.41) is 0.853. The number of piperidine rings is 1. The first kappa shape index (κ1) is 21.3. The minimum Gasteiger partial charge on any atom is -0.493 e. The molecule has 0 amide bonds. The highest BCUT2D eigenvalue weighted by Crippen LogP contribution is 2.40. The van der Waals surface area contributed by atoms with Gasteiger partial charge in [-0.1, -0.05) is 23.7 Å². The molecule has 2 aromatic rings. The lowest BCUT2D eigenvalue weighted by Gasteiger charge is -2.33. The monoisotopic (exact) mass is 429 g/mol. The fourth-order valence-corrected chi connectivity index (χ4v) is 5.24. The number of benzene rings is 2. The summed E-state index contributed by atoms with van der Waals surface area (Å²) in [7, 11) is 3.38. The van der Waals surface area contributed by atoms with E-state index in [-0.39, 0.29) is 0 Å². The molecular weight excluding hydrogens is 398 g/mol. The summed E-state index contributed by atoms with van der Waals surface area (Å²) in [5.74, 6) is 3.67. The van der Waals surface area contributed by atoms with Crippen molar-refractivity contribution in [3.8, 4) is 17.2 Å². The molecule has 2 aliphatic heterocycles. The zero-order chi connectivity index (χ0) is 20.9. The summed E-state index contributed by atoms with van der Waals surface area (Å²) in [5.41, 5.74) is 2.57. The lowest BCUT2D eigenvalue weighted by atomic mass is 9.88. The van der Waals surface area contributed by atoms with Crippen LogP contribution in [-0.2, 0) is 0 Å². The van der Waals surface area contributed by atoms with Crippen molar-refractivity contribution in [3.05, 3.63) is 52.5 Å². The van der Waals surface area contributed by atoms with Gasteiger partial charge in [-0.2, -0.15) is 0 Å². The van der Waals surface area contributed by atoms with E-state index in [0.717, 1.165) is 67.8 Å². The molecule has 162 valence electrons. The molecule has 2 heterocycles. The molecule has 0 radical (unpaired) electrons. The highest BCUT2D eigenvalue weighted by atomic mass is 35.5. The molecule has 2 aliphatic rings. The summed E-state index contributed by atoms with van der Waals surface area (Å²) in [6.07, 6.45) is 5.75. The maximum Gasteiger partial charge on any atom is 0.160 e. The van der Waals surface area contributed by atoms with Gasteiger partial charge in [0.1, 0.15) is 5.75 Å². The van der Waals surface area contributed by atoms with Crippen molar-refractivity contribution in [1.29, 1.82) is 0 Å². The van der Waals surface area contributed by atoms with Gasteiger partial charge in [0.25, 0.3) is 0 Å². The fraction of sp³-hybridized carbons (Fsp3) is 0.520. The minimum absolute atomic E-state index is 0.486. The van der Waals surface area contributed by atoms with E-state index in [0.29, 0.717) is 11.8 Å². The lowest BCUT2D eigenvalue weighted by Crippen LogP contribution is -2.34. The normalized spacial score (nSPS) is 20.2. The molecule has 0 spiro atoms. The second-order valence-electron chi connectivity index (χ2n) is 8.36. The largest absolute Gasteiger partial charge is 0.493 e. The van der Waals surface area contributed by atoms with Crippen molar-refractivity contribution < 1.29 is 14.2 Å². The van der Waals surface area contributed by atoms with Crippen LogP contribution in [0.2, 0.25) is 5.02 Å². The molecule has 4 rings (SSSR count). The summed E-state index contributed by atoms with van der Waals surface area (Å²) in [6, 6.07) is 12.4. The highest BCUT2D eigenvalue weighted by molar-refractivity contribution is 6.31. The summed E-state index contributed by atoms with van der Waals surface area (Å²) in [4.78, 5) is 2.61. The second kappa shape index (κ2) is 9.93. The Hall–Kier alpha value is -1.91. The third-order valence-electron chi connectivity index (χ3n) is 6.64. The number of fused-ring (bicyclic) bond motifs is 1. The first-order valence-corrected chi connectivity index (χ1v) is 11.4. The van der Waals surface area contributed by atoms with Gasteiger partial charge in [-0.15, -0.1) is 0 Å². The van der Waals surface area contributed by atoms with E-state index in [1.807, 2.05) is 18.2 Å². The summed E-state index contributed by atoms with van der Waals surface area (Å²) < 4.78 is 16.8. The molecule has 1 fully saturated rings. The number of hydrogen-bond donors (Lipinski definition) is 0. The molecule has 2 aromatic carbocycles. The first-order valence-electron chi connectivity index (χ1n) is 11.0. The number of nitrogens with zero attached hydrogens (tertiary/aromatic N) is 1. The number of rotatable bonds is 6. The van der Waals surface area contributed by atoms with E-state index in [2.05, 4.69) is 23.1 Å². The number of methoxy groups -OCH3 is 2. The van der Waals surface area contributed by atoms with Gasteiger partial charge in [0, 0.05) is 10.6 Å². The van der Waals surface area contributed by atoms with Crippen molar-refractivity contribution in [2.45, 2.75) is 43.9 Å². The zero-order valence-electron chi connectivity index (χ0n) is 18.0. The number of halogens is 1. The minimum atomic E-state index is 0.486. The molecule has 1 atom stereocenters. The van der Waals surface area contributed by atoms with Crippen LogP contribution in [0.3, 0.4) is 0 Å². The van der Waals surface area contributed by atoms with Crippen LogP contribution in [0.1, 0.15) is 55.1 Å². The van der Waals surface area contributed by atoms with Crippen molar-refractivity contribution in [2.24, 2.45) is 0 Å². The summed E-state index contributed by atoms with van der Waals surface area (Å²) in [6.45, 7) is 4.18. The van der Waals surface area contributed by atoms with Crippen molar-refractivity contribution in [2.75, 3.05) is 40.5 Å². The third-order valence-corrected chi connectivity index (χ3v) is 6.97. The Morgan fingerprint density at radius 3 is 2.60 bits per heavy atom. The SMILES string of the molecule is COc1ccc(C2CCN(CCC3CCCOc4cccc(Cl)c43)CC2)cc1OC. The molecule has 1 unspecified atom stereocenters. The predicted octanol–water partition coefficient (Wildman–Crippen LogP) is 5.88. The van der Waals surface area contributed by atoms with E-state index in [4.69, 9.17) is 25.8 Å². The molecule has 0 saturated carbocycles. The Bertz CT molecular complexity index is 848. The van der Waals surface area contributed by atoms with Gasteiger partial charge < -0.3 is 19.1 Å². The van der Waals surface area contributed by atoms with Crippen LogP contribution in [0, 0.1) is 0 Å². The van der Waals surface area contributed by atoms with Gasteiger partial charge in [-0.3, -0.25) is 0 Å². The van der Waals surface area contributed by atoms with Gasteiger partial charge in [-0.05, 0) is 93.4 Å². The molecule has 0 N–H and O–H groups in total. The quantitative estimate of drug-likeness (QED) is 0.573. The smallest absolute Gasteiger partial charge is 0.160 e. The highest BCUT2D eigenvalue weighted by Gasteiger charge is 2.25. The molecule has 4 nitrogen and oxygen atoms in total. The van der Waals surface area contributed by atoms with Crippen LogP contribution < -0.4 is 14.2 Å². The van der Waals surface area contributed by atoms with Crippen molar-refractivity contribution in [3.63, 3.8) is 0 Å². The van der Waals surface area contributed by atoms with E-state index in [1.54, 1.807) is 14.2 Å². The van der Waals surface area contributed by atoms with Gasteiger partial charge in [-0.25, -0.2) is 0 Å². The average molecular weight is 430 g/mol. The van der Waals surface area contributed by atoms with Gasteiger partial charge in [0.2, 0.25) is 0 Å². The maximum absolute atomic E-state index is 6.55. The Morgan fingerprint density at radius 2 is 1.83 bits per heavy atom. The maximum atomic E-state index is 6.55. The van der Waals surface area contributed by atoms with E-state index < -0.39 is 0 Å². The molecule has 0 aromatic heterocycles. The van der Waals surface area contributed by atoms with Crippen LogP contribution in [0.25, 0.3) is 0 Å². The van der Waals surface area contributed by atoms with Gasteiger partial charge >= 0.3 is 0 Å².